The maximum absolute atomic E-state index is 13.4. The van der Waals surface area contributed by atoms with E-state index in [1.54, 1.807) is 6.07 Å². The third kappa shape index (κ3) is 2.85. The van der Waals surface area contributed by atoms with Crippen LogP contribution in [-0.2, 0) is 12.0 Å². The van der Waals surface area contributed by atoms with E-state index in [9.17, 15) is 4.39 Å². The van der Waals surface area contributed by atoms with E-state index in [2.05, 4.69) is 49.6 Å². The van der Waals surface area contributed by atoms with Crippen LogP contribution in [0.1, 0.15) is 31.9 Å². The number of aromatic nitrogens is 1. The Labute approximate surface area is 125 Å². The van der Waals surface area contributed by atoms with Gasteiger partial charge < -0.3 is 4.57 Å². The van der Waals surface area contributed by atoms with Gasteiger partial charge in [0, 0.05) is 12.7 Å². The number of benzene rings is 2. The quantitative estimate of drug-likeness (QED) is 0.614. The van der Waals surface area contributed by atoms with Crippen molar-refractivity contribution in [3.05, 3.63) is 71.7 Å². The highest BCUT2D eigenvalue weighted by Crippen LogP contribution is 2.23. The van der Waals surface area contributed by atoms with Gasteiger partial charge in [-0.15, -0.1) is 0 Å². The van der Waals surface area contributed by atoms with Crippen LogP contribution in [0.3, 0.4) is 0 Å². The largest absolute Gasteiger partial charge is 0.343 e. The van der Waals surface area contributed by atoms with E-state index in [0.717, 1.165) is 17.4 Å². The molecule has 0 radical (unpaired) electrons. The lowest BCUT2D eigenvalue weighted by Gasteiger charge is -2.19. The van der Waals surface area contributed by atoms with Crippen molar-refractivity contribution < 1.29 is 4.39 Å². The zero-order valence-electron chi connectivity index (χ0n) is 12.7. The molecule has 0 unspecified atom stereocenters. The lowest BCUT2D eigenvalue weighted by Crippen LogP contribution is -2.10. The van der Waals surface area contributed by atoms with Crippen molar-refractivity contribution in [1.29, 1.82) is 0 Å². The van der Waals surface area contributed by atoms with Crippen LogP contribution in [0.15, 0.2) is 54.7 Å². The normalized spacial score (nSPS) is 12.0. The minimum absolute atomic E-state index is 0.168. The average molecular weight is 281 g/mol. The number of rotatable bonds is 2. The molecular formula is C19H20FN. The molecule has 0 N–H and O–H groups in total. The summed E-state index contributed by atoms with van der Waals surface area (Å²) in [7, 11) is 0. The maximum Gasteiger partial charge on any atom is 0.125 e. The molecule has 1 aromatic heterocycles. The Morgan fingerprint density at radius 2 is 1.67 bits per heavy atom. The molecule has 0 aliphatic carbocycles. The summed E-state index contributed by atoms with van der Waals surface area (Å²) in [5.74, 6) is -0.189. The second-order valence-corrected chi connectivity index (χ2v) is 6.59. The van der Waals surface area contributed by atoms with Crippen molar-refractivity contribution in [3.63, 3.8) is 0 Å². The standard InChI is InChI=1S/C19H20FN/c1-19(2,3)16-7-4-14(5-8-16)13-21-11-10-15-6-9-17(20)12-18(15)21/h4-12H,13H2,1-3H3. The predicted molar refractivity (Wildman–Crippen MR) is 86.1 cm³/mol. The van der Waals surface area contributed by atoms with Gasteiger partial charge in [0.1, 0.15) is 5.82 Å². The van der Waals surface area contributed by atoms with Crippen LogP contribution in [0, 0.1) is 5.82 Å². The molecule has 21 heavy (non-hydrogen) atoms. The van der Waals surface area contributed by atoms with E-state index in [0.29, 0.717) is 0 Å². The van der Waals surface area contributed by atoms with Crippen LogP contribution in [0.2, 0.25) is 0 Å². The Morgan fingerprint density at radius 1 is 0.952 bits per heavy atom. The van der Waals surface area contributed by atoms with Gasteiger partial charge in [-0.2, -0.15) is 0 Å². The molecule has 0 atom stereocenters. The second-order valence-electron chi connectivity index (χ2n) is 6.59. The first-order chi connectivity index (χ1) is 9.93. The van der Waals surface area contributed by atoms with E-state index in [1.807, 2.05) is 18.3 Å². The number of nitrogens with zero attached hydrogens (tertiary/aromatic N) is 1. The van der Waals surface area contributed by atoms with Crippen LogP contribution in [0.5, 0.6) is 0 Å². The zero-order chi connectivity index (χ0) is 15.0. The monoisotopic (exact) mass is 281 g/mol. The summed E-state index contributed by atoms with van der Waals surface area (Å²) >= 11 is 0. The van der Waals surface area contributed by atoms with Crippen LogP contribution in [0.4, 0.5) is 4.39 Å². The molecule has 108 valence electrons. The Balaban J connectivity index is 1.90. The molecule has 3 aromatic rings. The lowest BCUT2D eigenvalue weighted by molar-refractivity contribution is 0.590. The third-order valence-electron chi connectivity index (χ3n) is 3.91. The highest BCUT2D eigenvalue weighted by molar-refractivity contribution is 5.80. The molecule has 0 saturated carbocycles. The van der Waals surface area contributed by atoms with Gasteiger partial charge in [0.2, 0.25) is 0 Å². The van der Waals surface area contributed by atoms with Gasteiger partial charge in [-0.1, -0.05) is 45.0 Å². The third-order valence-corrected chi connectivity index (χ3v) is 3.91. The smallest absolute Gasteiger partial charge is 0.125 e. The number of hydrogen-bond acceptors (Lipinski definition) is 0. The van der Waals surface area contributed by atoms with E-state index in [-0.39, 0.29) is 11.2 Å². The Bertz CT molecular complexity index is 760. The topological polar surface area (TPSA) is 4.93 Å². The van der Waals surface area contributed by atoms with Crippen molar-refractivity contribution in [1.82, 2.24) is 4.57 Å². The lowest BCUT2D eigenvalue weighted by atomic mass is 9.87. The first kappa shape index (κ1) is 13.9. The molecule has 0 fully saturated rings. The molecule has 3 rings (SSSR count). The minimum Gasteiger partial charge on any atom is -0.343 e. The van der Waals surface area contributed by atoms with Crippen LogP contribution in [0.25, 0.3) is 10.9 Å². The van der Waals surface area contributed by atoms with Gasteiger partial charge in [0.05, 0.1) is 5.52 Å². The molecule has 0 saturated heterocycles. The van der Waals surface area contributed by atoms with Crippen LogP contribution >= 0.6 is 0 Å². The van der Waals surface area contributed by atoms with E-state index < -0.39 is 0 Å². The molecule has 0 aliphatic heterocycles. The van der Waals surface area contributed by atoms with Crippen molar-refractivity contribution in [2.75, 3.05) is 0 Å². The summed E-state index contributed by atoms with van der Waals surface area (Å²) in [6.45, 7) is 7.40. The van der Waals surface area contributed by atoms with E-state index in [4.69, 9.17) is 0 Å². The second kappa shape index (κ2) is 5.03. The summed E-state index contributed by atoms with van der Waals surface area (Å²) in [5.41, 5.74) is 3.66. The van der Waals surface area contributed by atoms with Gasteiger partial charge in [-0.25, -0.2) is 4.39 Å². The molecule has 0 aliphatic rings. The van der Waals surface area contributed by atoms with E-state index >= 15 is 0 Å². The maximum atomic E-state index is 13.4. The van der Waals surface area contributed by atoms with Gasteiger partial charge in [-0.3, -0.25) is 0 Å². The van der Waals surface area contributed by atoms with Gasteiger partial charge >= 0.3 is 0 Å². The highest BCUT2D eigenvalue weighted by atomic mass is 19.1. The fourth-order valence-electron chi connectivity index (χ4n) is 2.60. The molecule has 1 heterocycles. The Hall–Kier alpha value is -2.09. The van der Waals surface area contributed by atoms with Gasteiger partial charge in [-0.05, 0) is 46.2 Å². The van der Waals surface area contributed by atoms with E-state index in [1.165, 1.54) is 17.2 Å². The summed E-state index contributed by atoms with van der Waals surface area (Å²) in [4.78, 5) is 0. The minimum atomic E-state index is -0.189. The number of hydrogen-bond donors (Lipinski definition) is 0. The van der Waals surface area contributed by atoms with Crippen molar-refractivity contribution in [2.45, 2.75) is 32.7 Å². The fourth-order valence-corrected chi connectivity index (χ4v) is 2.60. The molecule has 0 bridgehead atoms. The number of halogens is 1. The summed E-state index contributed by atoms with van der Waals surface area (Å²) < 4.78 is 15.5. The van der Waals surface area contributed by atoms with Crippen molar-refractivity contribution in [2.24, 2.45) is 0 Å². The Morgan fingerprint density at radius 3 is 2.33 bits per heavy atom. The predicted octanol–water partition coefficient (Wildman–Crippen LogP) is 5.13. The molecule has 2 heteroatoms. The first-order valence-corrected chi connectivity index (χ1v) is 7.27. The van der Waals surface area contributed by atoms with Crippen molar-refractivity contribution in [3.8, 4) is 0 Å². The summed E-state index contributed by atoms with van der Waals surface area (Å²) in [6.07, 6.45) is 2.02. The molecule has 0 amide bonds. The molecule has 0 spiro atoms. The first-order valence-electron chi connectivity index (χ1n) is 7.27. The van der Waals surface area contributed by atoms with Gasteiger partial charge in [0.15, 0.2) is 0 Å². The molecule has 2 aromatic carbocycles. The molecular weight excluding hydrogens is 261 g/mol. The average Bonchev–Trinajstić information content (AvgIpc) is 2.81. The number of fused-ring (bicyclic) bond motifs is 1. The summed E-state index contributed by atoms with van der Waals surface area (Å²) in [5, 5.41) is 1.07. The molecule has 1 nitrogen and oxygen atoms in total. The SMILES string of the molecule is CC(C)(C)c1ccc(Cn2ccc3ccc(F)cc32)cc1. The van der Waals surface area contributed by atoms with Crippen LogP contribution < -0.4 is 0 Å². The van der Waals surface area contributed by atoms with Crippen molar-refractivity contribution >= 4 is 10.9 Å². The van der Waals surface area contributed by atoms with Gasteiger partial charge in [0.25, 0.3) is 0 Å². The fraction of sp³-hybridized carbons (Fsp3) is 0.263. The zero-order valence-corrected chi connectivity index (χ0v) is 12.7. The van der Waals surface area contributed by atoms with Crippen LogP contribution in [-0.4, -0.2) is 4.57 Å². The Kier molecular flexibility index (Phi) is 3.32. The summed E-state index contributed by atoms with van der Waals surface area (Å²) in [6, 6.07) is 15.6. The highest BCUT2D eigenvalue weighted by Gasteiger charge is 2.13.